The van der Waals surface area contributed by atoms with Gasteiger partial charge in [0.25, 0.3) is 6.33 Å². The first kappa shape index (κ1) is 9.59. The maximum absolute atomic E-state index is 4.47. The second-order valence-corrected chi connectivity index (χ2v) is 4.50. The van der Waals surface area contributed by atoms with Crippen LogP contribution in [0.1, 0.15) is 0 Å². The molecule has 0 amide bonds. The molecule has 2 aromatic heterocycles. The summed E-state index contributed by atoms with van der Waals surface area (Å²) in [5.41, 5.74) is 3.08. The van der Waals surface area contributed by atoms with Crippen molar-refractivity contribution in [2.75, 3.05) is 6.26 Å². The van der Waals surface area contributed by atoms with E-state index in [1.165, 1.54) is 0 Å². The number of nitrogens with one attached hydrogen (secondary N) is 1. The molecule has 0 bridgehead atoms. The monoisotopic (exact) mass is 231 g/mol. The van der Waals surface area contributed by atoms with Crippen molar-refractivity contribution in [2.45, 2.75) is 4.90 Å². The van der Waals surface area contributed by atoms with Crippen LogP contribution in [0.5, 0.6) is 0 Å². The number of aromatic amines is 1. The molecule has 5 heteroatoms. The van der Waals surface area contributed by atoms with Gasteiger partial charge in [0, 0.05) is 0 Å². The van der Waals surface area contributed by atoms with Crippen molar-refractivity contribution in [1.29, 1.82) is 0 Å². The van der Waals surface area contributed by atoms with Crippen LogP contribution >= 0.6 is 11.8 Å². The Balaban J connectivity index is 2.54. The Labute approximate surface area is 96.7 Å². The molecule has 0 aliphatic rings. The van der Waals surface area contributed by atoms with Crippen molar-refractivity contribution < 1.29 is 4.57 Å². The molecule has 4 nitrogen and oxygen atoms in total. The first-order valence-corrected chi connectivity index (χ1v) is 6.17. The van der Waals surface area contributed by atoms with E-state index in [0.29, 0.717) is 0 Å². The molecule has 3 rings (SSSR count). The Hall–Kier alpha value is -1.62. The SMILES string of the molecule is CSc1c2nc[n+](C)cc2cc2[nH]cnc12. The highest BCUT2D eigenvalue weighted by molar-refractivity contribution is 7.99. The van der Waals surface area contributed by atoms with Gasteiger partial charge in [0.2, 0.25) is 5.52 Å². The van der Waals surface area contributed by atoms with Gasteiger partial charge in [0.15, 0.2) is 0 Å². The van der Waals surface area contributed by atoms with Crippen molar-refractivity contribution in [2.24, 2.45) is 7.05 Å². The molecule has 1 N–H and O–H groups in total. The van der Waals surface area contributed by atoms with E-state index in [0.717, 1.165) is 26.8 Å². The van der Waals surface area contributed by atoms with Gasteiger partial charge in [-0.1, -0.05) is 0 Å². The Morgan fingerprint density at radius 3 is 3.00 bits per heavy atom. The number of aromatic nitrogens is 4. The first-order valence-electron chi connectivity index (χ1n) is 4.94. The third kappa shape index (κ3) is 1.28. The van der Waals surface area contributed by atoms with E-state index in [-0.39, 0.29) is 0 Å². The number of aryl methyl sites for hydroxylation is 1. The molecule has 1 aromatic carbocycles. The minimum Gasteiger partial charge on any atom is -0.345 e. The van der Waals surface area contributed by atoms with E-state index in [2.05, 4.69) is 33.5 Å². The van der Waals surface area contributed by atoms with Crippen LogP contribution in [0, 0.1) is 0 Å². The van der Waals surface area contributed by atoms with Gasteiger partial charge in [-0.3, -0.25) is 0 Å². The zero-order chi connectivity index (χ0) is 11.1. The predicted octanol–water partition coefficient (Wildman–Crippen LogP) is 1.66. The minimum absolute atomic E-state index is 1.00. The standard InChI is InChI=1S/C11H10N4S/c1-15-4-7-3-8-10(13-5-12-8)11(16-2)9(7)14-6-15/h3-6H,1-2H3/p+1. The number of hydrogen-bond donors (Lipinski definition) is 1. The molecule has 2 heterocycles. The number of imidazole rings is 1. The van der Waals surface area contributed by atoms with Gasteiger partial charge < -0.3 is 4.98 Å². The van der Waals surface area contributed by atoms with Gasteiger partial charge in [-0.2, -0.15) is 0 Å². The van der Waals surface area contributed by atoms with E-state index >= 15 is 0 Å². The van der Waals surface area contributed by atoms with Gasteiger partial charge in [0.05, 0.1) is 29.2 Å². The fourth-order valence-electron chi connectivity index (χ4n) is 1.89. The number of thioether (sulfide) groups is 1. The molecule has 0 saturated carbocycles. The molecule has 0 aliphatic carbocycles. The van der Waals surface area contributed by atoms with Crippen molar-refractivity contribution in [3.63, 3.8) is 0 Å². The Morgan fingerprint density at radius 2 is 2.19 bits per heavy atom. The van der Waals surface area contributed by atoms with Crippen molar-refractivity contribution in [1.82, 2.24) is 15.0 Å². The van der Waals surface area contributed by atoms with E-state index < -0.39 is 0 Å². The van der Waals surface area contributed by atoms with Gasteiger partial charge in [-0.25, -0.2) is 9.55 Å². The number of benzene rings is 1. The molecule has 0 unspecified atom stereocenters. The maximum atomic E-state index is 4.47. The summed E-state index contributed by atoms with van der Waals surface area (Å²) in [6.45, 7) is 0. The Bertz CT molecular complexity index is 674. The molecule has 3 aromatic rings. The molecule has 0 atom stereocenters. The summed E-state index contributed by atoms with van der Waals surface area (Å²) < 4.78 is 1.95. The molecule has 0 spiro atoms. The number of nitrogens with zero attached hydrogens (tertiary/aromatic N) is 3. The fourth-order valence-corrected chi connectivity index (χ4v) is 2.61. The summed E-state index contributed by atoms with van der Waals surface area (Å²) in [5, 5.41) is 1.13. The normalized spacial score (nSPS) is 11.4. The largest absolute Gasteiger partial charge is 0.345 e. The van der Waals surface area contributed by atoms with E-state index in [9.17, 15) is 0 Å². The van der Waals surface area contributed by atoms with Crippen molar-refractivity contribution in [3.05, 3.63) is 24.9 Å². The van der Waals surface area contributed by atoms with Crippen LogP contribution in [0.2, 0.25) is 0 Å². The highest BCUT2D eigenvalue weighted by Gasteiger charge is 2.14. The van der Waals surface area contributed by atoms with Crippen LogP contribution < -0.4 is 4.57 Å². The van der Waals surface area contributed by atoms with Gasteiger partial charge in [0.1, 0.15) is 11.7 Å². The van der Waals surface area contributed by atoms with Crippen LogP contribution in [-0.4, -0.2) is 21.2 Å². The number of hydrogen-bond acceptors (Lipinski definition) is 3. The average molecular weight is 231 g/mol. The zero-order valence-electron chi connectivity index (χ0n) is 9.06. The van der Waals surface area contributed by atoms with E-state index in [1.54, 1.807) is 18.1 Å². The van der Waals surface area contributed by atoms with Crippen LogP contribution in [0.4, 0.5) is 0 Å². The molecular weight excluding hydrogens is 220 g/mol. The van der Waals surface area contributed by atoms with Crippen molar-refractivity contribution in [3.8, 4) is 0 Å². The Kier molecular flexibility index (Phi) is 2.07. The summed E-state index contributed by atoms with van der Waals surface area (Å²) >= 11 is 1.68. The second-order valence-electron chi connectivity index (χ2n) is 3.69. The lowest BCUT2D eigenvalue weighted by atomic mass is 10.2. The van der Waals surface area contributed by atoms with Gasteiger partial charge in [-0.15, -0.1) is 11.8 Å². The summed E-state index contributed by atoms with van der Waals surface area (Å²) in [6.07, 6.45) is 7.67. The molecular formula is C11H11N4S+. The number of H-pyrrole nitrogens is 1. The lowest BCUT2D eigenvalue weighted by molar-refractivity contribution is -0.673. The third-order valence-electron chi connectivity index (χ3n) is 2.59. The molecule has 0 radical (unpaired) electrons. The number of fused-ring (bicyclic) bond motifs is 2. The molecule has 0 aliphatic heterocycles. The van der Waals surface area contributed by atoms with Crippen LogP contribution in [-0.2, 0) is 7.05 Å². The molecule has 0 fully saturated rings. The fraction of sp³-hybridized carbons (Fsp3) is 0.182. The van der Waals surface area contributed by atoms with Crippen LogP contribution in [0.3, 0.4) is 0 Å². The Morgan fingerprint density at radius 1 is 1.31 bits per heavy atom. The lowest BCUT2D eigenvalue weighted by Crippen LogP contribution is -2.27. The summed E-state index contributed by atoms with van der Waals surface area (Å²) in [4.78, 5) is 13.1. The minimum atomic E-state index is 1.00. The zero-order valence-corrected chi connectivity index (χ0v) is 9.88. The van der Waals surface area contributed by atoms with Crippen LogP contribution in [0.15, 0.2) is 29.8 Å². The third-order valence-corrected chi connectivity index (χ3v) is 3.38. The quantitative estimate of drug-likeness (QED) is 0.511. The van der Waals surface area contributed by atoms with Gasteiger partial charge in [-0.05, 0) is 17.3 Å². The maximum Gasteiger partial charge on any atom is 0.286 e. The average Bonchev–Trinajstić information content (AvgIpc) is 2.73. The lowest BCUT2D eigenvalue weighted by Gasteiger charge is -2.00. The highest BCUT2D eigenvalue weighted by Crippen LogP contribution is 2.30. The number of rotatable bonds is 1. The van der Waals surface area contributed by atoms with Crippen LogP contribution in [0.25, 0.3) is 21.9 Å². The summed E-state index contributed by atoms with van der Waals surface area (Å²) in [7, 11) is 1.97. The van der Waals surface area contributed by atoms with Crippen molar-refractivity contribution >= 4 is 33.7 Å². The smallest absolute Gasteiger partial charge is 0.286 e. The van der Waals surface area contributed by atoms with E-state index in [1.807, 2.05) is 17.9 Å². The van der Waals surface area contributed by atoms with E-state index in [4.69, 9.17) is 0 Å². The first-order chi connectivity index (χ1) is 7.79. The topological polar surface area (TPSA) is 45.5 Å². The summed E-state index contributed by atoms with van der Waals surface area (Å²) in [6, 6.07) is 2.09. The summed E-state index contributed by atoms with van der Waals surface area (Å²) in [5.74, 6) is 0. The predicted molar refractivity (Wildman–Crippen MR) is 64.4 cm³/mol. The molecule has 0 saturated heterocycles. The van der Waals surface area contributed by atoms with Gasteiger partial charge >= 0.3 is 0 Å². The second kappa shape index (κ2) is 3.45. The highest BCUT2D eigenvalue weighted by atomic mass is 32.2. The molecule has 16 heavy (non-hydrogen) atoms. The molecule has 80 valence electrons.